The first-order valence-corrected chi connectivity index (χ1v) is 5.88. The molecule has 2 aromatic heterocycles. The van der Waals surface area contributed by atoms with E-state index in [1.807, 2.05) is 16.8 Å². The SMILES string of the molecule is Clc1nc(-c2ccsc2)ncc1I. The standard InChI is InChI=1S/C8H4ClIN2S/c9-7-6(10)3-11-8(12-7)5-1-2-13-4-5/h1-4H. The Labute approximate surface area is 98.1 Å². The molecule has 2 nitrogen and oxygen atoms in total. The Balaban J connectivity index is 2.49. The van der Waals surface area contributed by atoms with Crippen LogP contribution in [0, 0.1) is 3.57 Å². The number of rotatable bonds is 1. The lowest BCUT2D eigenvalue weighted by molar-refractivity contribution is 1.16. The van der Waals surface area contributed by atoms with E-state index in [-0.39, 0.29) is 0 Å². The molecule has 0 saturated carbocycles. The summed E-state index contributed by atoms with van der Waals surface area (Å²) in [5.74, 6) is 0.687. The summed E-state index contributed by atoms with van der Waals surface area (Å²) in [4.78, 5) is 8.35. The molecule has 0 bridgehead atoms. The quantitative estimate of drug-likeness (QED) is 0.593. The second kappa shape index (κ2) is 3.89. The predicted molar refractivity (Wildman–Crippen MR) is 63.1 cm³/mol. The summed E-state index contributed by atoms with van der Waals surface area (Å²) in [5, 5.41) is 4.50. The van der Waals surface area contributed by atoms with Gasteiger partial charge < -0.3 is 0 Å². The molecule has 0 aromatic carbocycles. The van der Waals surface area contributed by atoms with Crippen LogP contribution >= 0.6 is 45.5 Å². The van der Waals surface area contributed by atoms with Gasteiger partial charge in [0.05, 0.1) is 3.57 Å². The van der Waals surface area contributed by atoms with E-state index >= 15 is 0 Å². The van der Waals surface area contributed by atoms with Gasteiger partial charge in [-0.3, -0.25) is 0 Å². The van der Waals surface area contributed by atoms with Crippen molar-refractivity contribution < 1.29 is 0 Å². The summed E-state index contributed by atoms with van der Waals surface area (Å²) in [6.45, 7) is 0. The number of hydrogen-bond acceptors (Lipinski definition) is 3. The highest BCUT2D eigenvalue weighted by molar-refractivity contribution is 14.1. The van der Waals surface area contributed by atoms with Gasteiger partial charge in [0, 0.05) is 17.1 Å². The van der Waals surface area contributed by atoms with E-state index in [9.17, 15) is 0 Å². The Morgan fingerprint density at radius 1 is 1.46 bits per heavy atom. The Morgan fingerprint density at radius 2 is 2.31 bits per heavy atom. The van der Waals surface area contributed by atoms with E-state index in [1.165, 1.54) is 0 Å². The fourth-order valence-corrected chi connectivity index (χ4v) is 1.90. The summed E-state index contributed by atoms with van der Waals surface area (Å²) in [6, 6.07) is 1.98. The normalized spacial score (nSPS) is 10.3. The number of aromatic nitrogens is 2. The third-order valence-corrected chi connectivity index (χ3v) is 3.56. The van der Waals surface area contributed by atoms with Gasteiger partial charge in [-0.25, -0.2) is 9.97 Å². The number of halogens is 2. The van der Waals surface area contributed by atoms with Crippen molar-refractivity contribution in [2.75, 3.05) is 0 Å². The number of thiophene rings is 1. The number of hydrogen-bond donors (Lipinski definition) is 0. The average Bonchev–Trinajstić information content (AvgIpc) is 2.62. The van der Waals surface area contributed by atoms with Crippen LogP contribution in [0.3, 0.4) is 0 Å². The van der Waals surface area contributed by atoms with E-state index < -0.39 is 0 Å². The third kappa shape index (κ3) is 2.00. The molecule has 0 spiro atoms. The molecule has 5 heteroatoms. The van der Waals surface area contributed by atoms with Gasteiger partial charge in [-0.2, -0.15) is 11.3 Å². The monoisotopic (exact) mass is 322 g/mol. The Kier molecular flexibility index (Phi) is 2.80. The molecule has 0 aliphatic carbocycles. The van der Waals surface area contributed by atoms with Crippen molar-refractivity contribution in [1.29, 1.82) is 0 Å². The highest BCUT2D eigenvalue weighted by Gasteiger charge is 2.04. The first-order valence-electron chi connectivity index (χ1n) is 3.48. The number of nitrogens with zero attached hydrogens (tertiary/aromatic N) is 2. The van der Waals surface area contributed by atoms with Crippen LogP contribution in [0.1, 0.15) is 0 Å². The molecule has 0 fully saturated rings. The zero-order chi connectivity index (χ0) is 9.26. The van der Waals surface area contributed by atoms with Crippen LogP contribution in [-0.2, 0) is 0 Å². The molecular formula is C8H4ClIN2S. The fraction of sp³-hybridized carbons (Fsp3) is 0. The molecule has 0 radical (unpaired) electrons. The van der Waals surface area contributed by atoms with Crippen LogP contribution in [-0.4, -0.2) is 9.97 Å². The molecule has 0 aliphatic rings. The smallest absolute Gasteiger partial charge is 0.161 e. The van der Waals surface area contributed by atoms with Gasteiger partial charge in [0.25, 0.3) is 0 Å². The van der Waals surface area contributed by atoms with Crippen molar-refractivity contribution in [2.45, 2.75) is 0 Å². The average molecular weight is 323 g/mol. The Morgan fingerprint density at radius 3 is 2.92 bits per heavy atom. The summed E-state index contributed by atoms with van der Waals surface area (Å²) >= 11 is 9.60. The Hall–Kier alpha value is -0.200. The highest BCUT2D eigenvalue weighted by Crippen LogP contribution is 2.21. The predicted octanol–water partition coefficient (Wildman–Crippen LogP) is 3.46. The van der Waals surface area contributed by atoms with Gasteiger partial charge in [-0.15, -0.1) is 0 Å². The van der Waals surface area contributed by atoms with Gasteiger partial charge in [-0.05, 0) is 34.0 Å². The first kappa shape index (κ1) is 9.36. The van der Waals surface area contributed by atoms with Gasteiger partial charge in [0.15, 0.2) is 5.82 Å². The minimum atomic E-state index is 0.511. The topological polar surface area (TPSA) is 25.8 Å². The van der Waals surface area contributed by atoms with Gasteiger partial charge in [0.2, 0.25) is 0 Å². The van der Waals surface area contributed by atoms with Gasteiger partial charge in [-0.1, -0.05) is 11.6 Å². The molecule has 2 rings (SSSR count). The van der Waals surface area contributed by atoms with Crippen LogP contribution in [0.2, 0.25) is 5.15 Å². The van der Waals surface area contributed by atoms with Crippen molar-refractivity contribution >= 4 is 45.5 Å². The van der Waals surface area contributed by atoms with Crippen LogP contribution in [0.4, 0.5) is 0 Å². The van der Waals surface area contributed by atoms with E-state index in [0.29, 0.717) is 11.0 Å². The molecule has 0 saturated heterocycles. The highest BCUT2D eigenvalue weighted by atomic mass is 127. The minimum absolute atomic E-state index is 0.511. The van der Waals surface area contributed by atoms with Crippen LogP contribution in [0.25, 0.3) is 11.4 Å². The van der Waals surface area contributed by atoms with E-state index in [1.54, 1.807) is 17.5 Å². The summed E-state index contributed by atoms with van der Waals surface area (Å²) in [5.41, 5.74) is 1.02. The molecule has 2 heterocycles. The van der Waals surface area contributed by atoms with Gasteiger partial charge >= 0.3 is 0 Å². The first-order chi connectivity index (χ1) is 6.27. The van der Waals surface area contributed by atoms with Crippen molar-refractivity contribution in [3.63, 3.8) is 0 Å². The van der Waals surface area contributed by atoms with Crippen molar-refractivity contribution in [3.05, 3.63) is 31.7 Å². The maximum absolute atomic E-state index is 5.88. The molecular weight excluding hydrogens is 319 g/mol. The van der Waals surface area contributed by atoms with Crippen molar-refractivity contribution in [3.8, 4) is 11.4 Å². The van der Waals surface area contributed by atoms with Crippen molar-refractivity contribution in [2.24, 2.45) is 0 Å². The second-order valence-electron chi connectivity index (χ2n) is 2.34. The summed E-state index contributed by atoms with van der Waals surface area (Å²) < 4.78 is 0.873. The lowest BCUT2D eigenvalue weighted by Crippen LogP contribution is -1.89. The molecule has 0 atom stereocenters. The van der Waals surface area contributed by atoms with Crippen LogP contribution in [0.15, 0.2) is 23.0 Å². The summed E-state index contributed by atoms with van der Waals surface area (Å²) in [6.07, 6.45) is 1.73. The molecule has 2 aromatic rings. The zero-order valence-corrected chi connectivity index (χ0v) is 10.1. The fourth-order valence-electron chi connectivity index (χ4n) is 0.877. The zero-order valence-electron chi connectivity index (χ0n) is 6.37. The molecule has 0 amide bonds. The lowest BCUT2D eigenvalue weighted by Gasteiger charge is -1.97. The van der Waals surface area contributed by atoms with E-state index in [4.69, 9.17) is 11.6 Å². The Bertz CT molecular complexity index is 416. The summed E-state index contributed by atoms with van der Waals surface area (Å²) in [7, 11) is 0. The maximum atomic E-state index is 5.88. The minimum Gasteiger partial charge on any atom is -0.235 e. The molecule has 66 valence electrons. The second-order valence-corrected chi connectivity index (χ2v) is 4.64. The van der Waals surface area contributed by atoms with E-state index in [2.05, 4.69) is 32.6 Å². The van der Waals surface area contributed by atoms with Crippen LogP contribution < -0.4 is 0 Å². The molecule has 0 aliphatic heterocycles. The molecule has 13 heavy (non-hydrogen) atoms. The maximum Gasteiger partial charge on any atom is 0.161 e. The largest absolute Gasteiger partial charge is 0.235 e. The van der Waals surface area contributed by atoms with Crippen molar-refractivity contribution in [1.82, 2.24) is 9.97 Å². The van der Waals surface area contributed by atoms with Gasteiger partial charge in [0.1, 0.15) is 5.15 Å². The lowest BCUT2D eigenvalue weighted by atomic mass is 10.3. The van der Waals surface area contributed by atoms with Crippen LogP contribution in [0.5, 0.6) is 0 Å². The molecule has 0 N–H and O–H groups in total. The van der Waals surface area contributed by atoms with E-state index in [0.717, 1.165) is 9.13 Å². The molecule has 0 unspecified atom stereocenters. The third-order valence-electron chi connectivity index (χ3n) is 1.48.